The van der Waals surface area contributed by atoms with E-state index in [1.165, 1.54) is 5.69 Å². The number of H-pyrrole nitrogens is 2. The van der Waals surface area contributed by atoms with Gasteiger partial charge in [-0.05, 0) is 43.7 Å². The monoisotopic (exact) mass is 354 g/mol. The first-order valence-electron chi connectivity index (χ1n) is 8.87. The van der Waals surface area contributed by atoms with Crippen molar-refractivity contribution in [1.82, 2.24) is 25.1 Å². The molecule has 136 valence electrons. The van der Waals surface area contributed by atoms with Gasteiger partial charge in [0.1, 0.15) is 0 Å². The largest absolute Gasteiger partial charge is 0.326 e. The van der Waals surface area contributed by atoms with Crippen molar-refractivity contribution in [2.75, 3.05) is 11.9 Å². The van der Waals surface area contributed by atoms with Gasteiger partial charge < -0.3 is 20.6 Å². The van der Waals surface area contributed by atoms with Crippen LogP contribution in [-0.4, -0.2) is 32.2 Å². The summed E-state index contributed by atoms with van der Waals surface area (Å²) < 4.78 is 2.04. The van der Waals surface area contributed by atoms with Crippen molar-refractivity contribution in [2.24, 2.45) is 0 Å². The van der Waals surface area contributed by atoms with Gasteiger partial charge in [-0.25, -0.2) is 4.79 Å². The van der Waals surface area contributed by atoms with E-state index in [1.54, 1.807) is 6.07 Å². The van der Waals surface area contributed by atoms with Crippen LogP contribution in [0.15, 0.2) is 23.0 Å². The Kier molecular flexibility index (Phi) is 4.34. The predicted molar refractivity (Wildman–Crippen MR) is 99.2 cm³/mol. The van der Waals surface area contributed by atoms with Gasteiger partial charge in [0.05, 0.1) is 22.4 Å². The number of benzene rings is 1. The Morgan fingerprint density at radius 2 is 2.08 bits per heavy atom. The number of carbonyl (C=O) groups is 1. The highest BCUT2D eigenvalue weighted by Crippen LogP contribution is 2.20. The zero-order chi connectivity index (χ0) is 18.1. The fourth-order valence-corrected chi connectivity index (χ4v) is 3.32. The molecule has 0 fully saturated rings. The fraction of sp³-hybridized carbons (Fsp3) is 0.389. The van der Waals surface area contributed by atoms with E-state index in [1.807, 2.05) is 17.7 Å². The van der Waals surface area contributed by atoms with Crippen molar-refractivity contribution in [1.29, 1.82) is 0 Å². The van der Waals surface area contributed by atoms with Crippen LogP contribution in [-0.2, 0) is 24.3 Å². The van der Waals surface area contributed by atoms with Gasteiger partial charge in [0.2, 0.25) is 5.91 Å². The summed E-state index contributed by atoms with van der Waals surface area (Å²) in [6.07, 6.45) is 2.04. The smallest absolute Gasteiger partial charge is 0.323 e. The normalized spacial score (nSPS) is 14.2. The van der Waals surface area contributed by atoms with Crippen molar-refractivity contribution >= 4 is 22.6 Å². The second-order valence-electron chi connectivity index (χ2n) is 6.72. The molecule has 4 rings (SSSR count). The molecule has 0 aliphatic carbocycles. The van der Waals surface area contributed by atoms with E-state index in [0.717, 1.165) is 42.8 Å². The molecule has 3 aromatic rings. The molecule has 4 N–H and O–H groups in total. The summed E-state index contributed by atoms with van der Waals surface area (Å²) in [5.74, 6) is -0.0633. The molecule has 1 aliphatic heterocycles. The van der Waals surface area contributed by atoms with E-state index in [9.17, 15) is 9.59 Å². The number of fused-ring (bicyclic) bond motifs is 2. The average Bonchev–Trinajstić information content (AvgIpc) is 3.08. The van der Waals surface area contributed by atoms with Crippen molar-refractivity contribution < 1.29 is 4.79 Å². The molecular formula is C18H22N6O2. The molecule has 8 heteroatoms. The molecule has 8 nitrogen and oxygen atoms in total. The minimum absolute atomic E-state index is 0.0633. The number of rotatable bonds is 4. The van der Waals surface area contributed by atoms with Crippen LogP contribution in [0.1, 0.15) is 29.8 Å². The maximum absolute atomic E-state index is 12.3. The van der Waals surface area contributed by atoms with Crippen LogP contribution >= 0.6 is 0 Å². The van der Waals surface area contributed by atoms with E-state index in [2.05, 4.69) is 31.8 Å². The van der Waals surface area contributed by atoms with Crippen LogP contribution < -0.4 is 16.3 Å². The molecule has 1 aromatic carbocycles. The lowest BCUT2D eigenvalue weighted by atomic mass is 10.1. The Hall–Kier alpha value is -2.87. The van der Waals surface area contributed by atoms with Gasteiger partial charge in [0.25, 0.3) is 0 Å². The first-order chi connectivity index (χ1) is 12.6. The highest BCUT2D eigenvalue weighted by atomic mass is 16.1. The van der Waals surface area contributed by atoms with E-state index in [0.29, 0.717) is 24.0 Å². The molecule has 1 amide bonds. The van der Waals surface area contributed by atoms with Gasteiger partial charge in [0.15, 0.2) is 0 Å². The number of anilines is 1. The summed E-state index contributed by atoms with van der Waals surface area (Å²) in [6.45, 7) is 4.66. The Morgan fingerprint density at radius 3 is 2.92 bits per heavy atom. The second-order valence-corrected chi connectivity index (χ2v) is 6.72. The first kappa shape index (κ1) is 16.6. The lowest BCUT2D eigenvalue weighted by Gasteiger charge is -2.08. The first-order valence-corrected chi connectivity index (χ1v) is 8.87. The van der Waals surface area contributed by atoms with Crippen molar-refractivity contribution in [3.05, 3.63) is 45.6 Å². The Balaban J connectivity index is 1.41. The van der Waals surface area contributed by atoms with Crippen LogP contribution in [0.2, 0.25) is 0 Å². The van der Waals surface area contributed by atoms with E-state index >= 15 is 0 Å². The standard InChI is InChI=1S/C18H22N6O2/c1-11-7-15-16(22-18(26)21-15)9-14(11)20-17(25)4-3-12-8-13-10-19-5-2-6-24(13)23-12/h7-9,19H,2-6,10H2,1H3,(H,20,25)(H2,21,22,26). The van der Waals surface area contributed by atoms with Crippen LogP contribution in [0.3, 0.4) is 0 Å². The summed E-state index contributed by atoms with van der Waals surface area (Å²) in [6, 6.07) is 5.71. The van der Waals surface area contributed by atoms with Crippen LogP contribution in [0.5, 0.6) is 0 Å². The maximum atomic E-state index is 12.3. The van der Waals surface area contributed by atoms with Crippen molar-refractivity contribution in [3.63, 3.8) is 0 Å². The second kappa shape index (κ2) is 6.80. The average molecular weight is 354 g/mol. The number of aromatic nitrogens is 4. The molecule has 3 heterocycles. The van der Waals surface area contributed by atoms with E-state index in [4.69, 9.17) is 0 Å². The van der Waals surface area contributed by atoms with Gasteiger partial charge in [-0.2, -0.15) is 5.10 Å². The van der Waals surface area contributed by atoms with Crippen LogP contribution in [0, 0.1) is 6.92 Å². The molecule has 26 heavy (non-hydrogen) atoms. The predicted octanol–water partition coefficient (Wildman–Crippen LogP) is 1.43. The highest BCUT2D eigenvalue weighted by Gasteiger charge is 2.13. The molecule has 2 aromatic heterocycles. The van der Waals surface area contributed by atoms with Crippen molar-refractivity contribution in [3.8, 4) is 0 Å². The molecule has 0 radical (unpaired) electrons. The quantitative estimate of drug-likeness (QED) is 0.568. The minimum atomic E-state index is -0.253. The third-order valence-corrected chi connectivity index (χ3v) is 4.69. The number of amides is 1. The number of nitrogens with one attached hydrogen (secondary N) is 4. The van der Waals surface area contributed by atoms with Gasteiger partial charge in [-0.15, -0.1) is 0 Å². The van der Waals surface area contributed by atoms with E-state index < -0.39 is 0 Å². The summed E-state index contributed by atoms with van der Waals surface area (Å²) in [5, 5.41) is 10.9. The number of nitrogens with zero attached hydrogens (tertiary/aromatic N) is 2. The van der Waals surface area contributed by atoms with Gasteiger partial charge in [-0.1, -0.05) is 0 Å². The topological polar surface area (TPSA) is 108 Å². The molecule has 0 bridgehead atoms. The molecule has 1 aliphatic rings. The number of carbonyl (C=O) groups excluding carboxylic acids is 1. The minimum Gasteiger partial charge on any atom is -0.326 e. The number of hydrogen-bond acceptors (Lipinski definition) is 4. The zero-order valence-electron chi connectivity index (χ0n) is 14.7. The third kappa shape index (κ3) is 3.41. The summed E-state index contributed by atoms with van der Waals surface area (Å²) in [4.78, 5) is 29.1. The summed E-state index contributed by atoms with van der Waals surface area (Å²) in [7, 11) is 0. The van der Waals surface area contributed by atoms with Crippen LogP contribution in [0.4, 0.5) is 5.69 Å². The molecule has 0 atom stereocenters. The lowest BCUT2D eigenvalue weighted by molar-refractivity contribution is -0.116. The highest BCUT2D eigenvalue weighted by molar-refractivity contribution is 5.94. The van der Waals surface area contributed by atoms with Gasteiger partial charge in [0, 0.05) is 31.6 Å². The molecule has 0 unspecified atom stereocenters. The summed E-state index contributed by atoms with van der Waals surface area (Å²) >= 11 is 0. The van der Waals surface area contributed by atoms with E-state index in [-0.39, 0.29) is 11.6 Å². The molecule has 0 saturated heterocycles. The lowest BCUT2D eigenvalue weighted by Crippen LogP contribution is -2.13. The Morgan fingerprint density at radius 1 is 1.27 bits per heavy atom. The number of aryl methyl sites for hydroxylation is 3. The molecule has 0 spiro atoms. The third-order valence-electron chi connectivity index (χ3n) is 4.69. The SMILES string of the molecule is Cc1cc2[nH]c(=O)[nH]c2cc1NC(=O)CCc1cc2n(n1)CCCNC2. The summed E-state index contributed by atoms with van der Waals surface area (Å²) in [5.41, 5.74) is 4.90. The Labute approximate surface area is 150 Å². The maximum Gasteiger partial charge on any atom is 0.323 e. The number of hydrogen-bond donors (Lipinski definition) is 4. The number of aromatic amines is 2. The zero-order valence-corrected chi connectivity index (χ0v) is 14.7. The Bertz CT molecular complexity index is 989. The fourth-order valence-electron chi connectivity index (χ4n) is 3.32. The van der Waals surface area contributed by atoms with Gasteiger partial charge in [-0.3, -0.25) is 9.48 Å². The van der Waals surface area contributed by atoms with Crippen molar-refractivity contribution in [2.45, 2.75) is 39.3 Å². The van der Waals surface area contributed by atoms with Gasteiger partial charge >= 0.3 is 5.69 Å². The molecular weight excluding hydrogens is 332 g/mol. The van der Waals surface area contributed by atoms with Crippen LogP contribution in [0.25, 0.3) is 11.0 Å². The molecule has 0 saturated carbocycles. The number of imidazole rings is 1.